The van der Waals surface area contributed by atoms with E-state index in [4.69, 9.17) is 9.47 Å². The van der Waals surface area contributed by atoms with Gasteiger partial charge >= 0.3 is 0 Å². The minimum absolute atomic E-state index is 0.0390. The monoisotopic (exact) mass is 344 g/mol. The summed E-state index contributed by atoms with van der Waals surface area (Å²) < 4.78 is 22.8. The minimum atomic E-state index is -1.75. The van der Waals surface area contributed by atoms with Gasteiger partial charge in [0.05, 0.1) is 24.7 Å². The molecule has 0 bridgehead atoms. The molecule has 2 aromatic rings. The van der Waals surface area contributed by atoms with E-state index in [1.807, 2.05) is 0 Å². The zero-order valence-corrected chi connectivity index (χ0v) is 13.6. The van der Waals surface area contributed by atoms with Crippen molar-refractivity contribution in [2.75, 3.05) is 14.2 Å². The second-order valence-electron chi connectivity index (χ2n) is 4.72. The SMILES string of the molecule is COC1=C(OC)C(=O)c2c(cccc2S(=O)c2ccncn2)C1=O. The first-order valence-electron chi connectivity index (χ1n) is 6.82. The van der Waals surface area contributed by atoms with Crippen LogP contribution in [0.25, 0.3) is 0 Å². The summed E-state index contributed by atoms with van der Waals surface area (Å²) in [6, 6.07) is 6.05. The molecule has 8 heteroatoms. The molecule has 0 N–H and O–H groups in total. The van der Waals surface area contributed by atoms with Gasteiger partial charge in [0, 0.05) is 11.8 Å². The van der Waals surface area contributed by atoms with Gasteiger partial charge in [-0.15, -0.1) is 0 Å². The molecule has 7 nitrogen and oxygen atoms in total. The lowest BCUT2D eigenvalue weighted by Crippen LogP contribution is -2.25. The normalized spacial score (nSPS) is 15.1. The first-order valence-corrected chi connectivity index (χ1v) is 7.97. The summed E-state index contributed by atoms with van der Waals surface area (Å²) in [6.07, 6.45) is 2.71. The summed E-state index contributed by atoms with van der Waals surface area (Å²) in [5.41, 5.74) is 0.162. The van der Waals surface area contributed by atoms with Gasteiger partial charge in [0.2, 0.25) is 23.1 Å². The molecule has 1 heterocycles. The number of nitrogens with zero attached hydrogens (tertiary/aromatic N) is 2. The van der Waals surface area contributed by atoms with Gasteiger partial charge in [-0.3, -0.25) is 9.59 Å². The van der Waals surface area contributed by atoms with E-state index in [2.05, 4.69) is 9.97 Å². The maximum atomic E-state index is 12.8. The van der Waals surface area contributed by atoms with Crippen LogP contribution in [0, 0.1) is 0 Å². The number of hydrogen-bond donors (Lipinski definition) is 0. The Morgan fingerprint density at radius 1 is 1.00 bits per heavy atom. The fourth-order valence-electron chi connectivity index (χ4n) is 2.42. The molecule has 0 radical (unpaired) electrons. The van der Waals surface area contributed by atoms with Crippen molar-refractivity contribution in [3.63, 3.8) is 0 Å². The van der Waals surface area contributed by atoms with Gasteiger partial charge in [-0.1, -0.05) is 12.1 Å². The summed E-state index contributed by atoms with van der Waals surface area (Å²) in [4.78, 5) is 33.2. The number of methoxy groups -OCH3 is 2. The molecule has 0 saturated heterocycles. The van der Waals surface area contributed by atoms with Gasteiger partial charge in [0.15, 0.2) is 0 Å². The van der Waals surface area contributed by atoms with Crippen LogP contribution in [0.4, 0.5) is 0 Å². The predicted molar refractivity (Wildman–Crippen MR) is 82.9 cm³/mol. The molecule has 0 fully saturated rings. The molecule has 0 saturated carbocycles. The van der Waals surface area contributed by atoms with Crippen molar-refractivity contribution in [2.45, 2.75) is 9.92 Å². The highest BCUT2D eigenvalue weighted by Crippen LogP contribution is 2.32. The average molecular weight is 344 g/mol. The number of allylic oxidation sites excluding steroid dienone is 2. The van der Waals surface area contributed by atoms with Crippen LogP contribution in [0.3, 0.4) is 0 Å². The number of ether oxygens (including phenoxy) is 2. The molecule has 1 atom stereocenters. The van der Waals surface area contributed by atoms with Crippen LogP contribution in [-0.4, -0.2) is 40.0 Å². The molecule has 1 aliphatic rings. The molecule has 1 aromatic heterocycles. The topological polar surface area (TPSA) is 95.5 Å². The van der Waals surface area contributed by atoms with Crippen LogP contribution in [-0.2, 0) is 20.3 Å². The smallest absolute Gasteiger partial charge is 0.233 e. The second kappa shape index (κ2) is 6.32. The number of Topliss-reactive ketones (excluding diaryl/α,β-unsaturated/α-hetero) is 2. The summed E-state index contributed by atoms with van der Waals surface area (Å²) in [6.45, 7) is 0. The van der Waals surface area contributed by atoms with Gasteiger partial charge in [-0.25, -0.2) is 14.2 Å². The van der Waals surface area contributed by atoms with E-state index in [-0.39, 0.29) is 32.6 Å². The third-order valence-electron chi connectivity index (χ3n) is 3.47. The lowest BCUT2D eigenvalue weighted by atomic mass is 9.92. The lowest BCUT2D eigenvalue weighted by Gasteiger charge is -2.20. The van der Waals surface area contributed by atoms with Crippen molar-refractivity contribution in [1.29, 1.82) is 0 Å². The minimum Gasteiger partial charge on any atom is -0.489 e. The number of rotatable bonds is 4. The number of carbonyl (C=O) groups is 2. The highest BCUT2D eigenvalue weighted by atomic mass is 32.2. The summed E-state index contributed by atoms with van der Waals surface area (Å²) in [5.74, 6) is -1.42. The van der Waals surface area contributed by atoms with E-state index in [9.17, 15) is 13.8 Å². The zero-order valence-electron chi connectivity index (χ0n) is 12.8. The average Bonchev–Trinajstić information content (AvgIpc) is 2.63. The van der Waals surface area contributed by atoms with Crippen LogP contribution < -0.4 is 0 Å². The Labute approximate surface area is 139 Å². The van der Waals surface area contributed by atoms with Crippen LogP contribution in [0.1, 0.15) is 20.7 Å². The Morgan fingerprint density at radius 2 is 1.71 bits per heavy atom. The molecular formula is C16H12N2O5S. The molecule has 1 aromatic carbocycles. The molecule has 1 aliphatic carbocycles. The number of benzene rings is 1. The van der Waals surface area contributed by atoms with Gasteiger partial charge in [-0.05, 0) is 12.1 Å². The van der Waals surface area contributed by atoms with E-state index in [0.717, 1.165) is 0 Å². The summed E-state index contributed by atoms with van der Waals surface area (Å²) in [7, 11) is 0.812. The van der Waals surface area contributed by atoms with Crippen LogP contribution >= 0.6 is 0 Å². The van der Waals surface area contributed by atoms with E-state index >= 15 is 0 Å². The Hall–Kier alpha value is -2.87. The fraction of sp³-hybridized carbons (Fsp3) is 0.125. The molecule has 0 amide bonds. The van der Waals surface area contributed by atoms with Gasteiger partial charge in [0.1, 0.15) is 22.2 Å². The third-order valence-corrected chi connectivity index (χ3v) is 4.83. The van der Waals surface area contributed by atoms with Gasteiger partial charge < -0.3 is 9.47 Å². The van der Waals surface area contributed by atoms with E-state index < -0.39 is 22.4 Å². The Balaban J connectivity index is 2.21. The van der Waals surface area contributed by atoms with Crippen molar-refractivity contribution >= 4 is 22.4 Å². The molecule has 1 unspecified atom stereocenters. The summed E-state index contributed by atoms with van der Waals surface area (Å²) in [5, 5.41) is 0.235. The summed E-state index contributed by atoms with van der Waals surface area (Å²) >= 11 is 0. The highest BCUT2D eigenvalue weighted by molar-refractivity contribution is 7.85. The molecule has 0 spiro atoms. The Kier molecular flexibility index (Phi) is 4.22. The molecule has 0 aliphatic heterocycles. The number of ketones is 2. The third kappa shape index (κ3) is 2.41. The molecule has 24 heavy (non-hydrogen) atoms. The maximum Gasteiger partial charge on any atom is 0.233 e. The van der Waals surface area contributed by atoms with Crippen molar-refractivity contribution in [3.8, 4) is 0 Å². The Bertz CT molecular complexity index is 893. The van der Waals surface area contributed by atoms with Crippen molar-refractivity contribution < 1.29 is 23.3 Å². The lowest BCUT2D eigenvalue weighted by molar-refractivity contribution is 0.0826. The largest absolute Gasteiger partial charge is 0.489 e. The quantitative estimate of drug-likeness (QED) is 0.776. The number of carbonyl (C=O) groups excluding carboxylic acids is 2. The molecule has 122 valence electrons. The van der Waals surface area contributed by atoms with Crippen LogP contribution in [0.2, 0.25) is 0 Å². The van der Waals surface area contributed by atoms with E-state index in [0.29, 0.717) is 0 Å². The second-order valence-corrected chi connectivity index (χ2v) is 6.12. The van der Waals surface area contributed by atoms with Crippen LogP contribution in [0.15, 0.2) is 58.2 Å². The maximum absolute atomic E-state index is 12.8. The predicted octanol–water partition coefficient (Wildman–Crippen LogP) is 1.53. The van der Waals surface area contributed by atoms with Crippen molar-refractivity contribution in [3.05, 3.63) is 59.4 Å². The molecular weight excluding hydrogens is 332 g/mol. The zero-order chi connectivity index (χ0) is 17.3. The van der Waals surface area contributed by atoms with Crippen LogP contribution in [0.5, 0.6) is 0 Å². The molecule has 3 rings (SSSR count). The van der Waals surface area contributed by atoms with E-state index in [1.165, 1.54) is 44.9 Å². The fourth-order valence-corrected chi connectivity index (χ4v) is 3.57. The van der Waals surface area contributed by atoms with Crippen molar-refractivity contribution in [1.82, 2.24) is 9.97 Å². The highest BCUT2D eigenvalue weighted by Gasteiger charge is 2.37. The van der Waals surface area contributed by atoms with E-state index in [1.54, 1.807) is 6.07 Å². The first-order chi connectivity index (χ1) is 11.6. The number of hydrogen-bond acceptors (Lipinski definition) is 7. The standard InChI is InChI=1S/C16H12N2O5S/c1-22-15-13(19)9-4-3-5-10(12(9)14(20)16(15)23-2)24(21)11-6-7-17-8-18-11/h3-8H,1-2H3. The van der Waals surface area contributed by atoms with Crippen molar-refractivity contribution in [2.24, 2.45) is 0 Å². The first kappa shape index (κ1) is 16.0. The van der Waals surface area contributed by atoms with Gasteiger partial charge in [-0.2, -0.15) is 0 Å². The Morgan fingerprint density at radius 3 is 2.33 bits per heavy atom. The number of aromatic nitrogens is 2. The van der Waals surface area contributed by atoms with Gasteiger partial charge in [0.25, 0.3) is 0 Å². The number of fused-ring (bicyclic) bond motifs is 1.